The maximum absolute atomic E-state index is 13.2. The molecule has 1 aromatic heterocycles. The van der Waals surface area contributed by atoms with Crippen LogP contribution in [0.15, 0.2) is 57.1 Å². The Labute approximate surface area is 198 Å². The molecule has 2 N–H and O–H groups in total. The molecule has 5 rings (SSSR count). The van der Waals surface area contributed by atoms with Gasteiger partial charge in [-0.2, -0.15) is 9.40 Å². The summed E-state index contributed by atoms with van der Waals surface area (Å²) in [6.45, 7) is 8.86. The predicted octanol–water partition coefficient (Wildman–Crippen LogP) is 2.68. The summed E-state index contributed by atoms with van der Waals surface area (Å²) in [5.74, 6) is 1.30. The number of aromatic nitrogens is 2. The van der Waals surface area contributed by atoms with Crippen molar-refractivity contribution >= 4 is 38.1 Å². The number of nitrogens with zero attached hydrogens (tertiary/aromatic N) is 4. The van der Waals surface area contributed by atoms with Crippen LogP contribution in [0.3, 0.4) is 0 Å². The molecule has 0 radical (unpaired) electrons. The van der Waals surface area contributed by atoms with E-state index in [-0.39, 0.29) is 11.0 Å². The number of hydrogen-bond donors (Lipinski definition) is 2. The highest BCUT2D eigenvalue weighted by Gasteiger charge is 2.30. The van der Waals surface area contributed by atoms with Crippen LogP contribution in [-0.2, 0) is 15.4 Å². The summed E-state index contributed by atoms with van der Waals surface area (Å²) in [6.07, 6.45) is 0. The van der Waals surface area contributed by atoms with Gasteiger partial charge in [0.1, 0.15) is 5.84 Å². The molecule has 0 saturated carbocycles. The maximum Gasteiger partial charge on any atom is 0.272 e. The molecule has 3 aromatic rings. The summed E-state index contributed by atoms with van der Waals surface area (Å²) >= 11 is 0. The minimum atomic E-state index is -3.53. The van der Waals surface area contributed by atoms with E-state index < -0.39 is 10.0 Å². The first-order chi connectivity index (χ1) is 16.1. The van der Waals surface area contributed by atoms with E-state index in [4.69, 9.17) is 0 Å². The van der Waals surface area contributed by atoms with Crippen molar-refractivity contribution in [1.29, 1.82) is 0 Å². The van der Waals surface area contributed by atoms with E-state index in [0.717, 1.165) is 5.56 Å². The lowest BCUT2D eigenvalue weighted by Gasteiger charge is -2.34. The summed E-state index contributed by atoms with van der Waals surface area (Å²) in [5, 5.41) is 11.1. The van der Waals surface area contributed by atoms with Crippen LogP contribution in [0, 0.1) is 0 Å². The van der Waals surface area contributed by atoms with Crippen LogP contribution in [0.5, 0.6) is 0 Å². The molecule has 0 spiro atoms. The number of amidine groups is 1. The third kappa shape index (κ3) is 4.13. The number of anilines is 1. The number of sulfonamides is 1. The number of piperazine rings is 1. The van der Waals surface area contributed by atoms with Gasteiger partial charge in [0, 0.05) is 26.2 Å². The third-order valence-electron chi connectivity index (χ3n) is 6.37. The van der Waals surface area contributed by atoms with Gasteiger partial charge >= 0.3 is 0 Å². The molecule has 0 aliphatic carbocycles. The highest BCUT2D eigenvalue weighted by Crippen LogP contribution is 2.32. The zero-order valence-corrected chi connectivity index (χ0v) is 20.3. The standard InChI is InChI=1S/C24H28N6O3S/c1-24(2,3)16-7-9-17(10-8-16)34(32,33)30-13-11-29(12-14-30)15-20-25-19-6-4-5-18-21(19)22(26-20)27-28-23(18)31/h4-10H,11-15H2,1-3H3,(H,28,31)(H,25,26,27). The Bertz CT molecular complexity index is 1430. The minimum absolute atomic E-state index is 0.0271. The van der Waals surface area contributed by atoms with Gasteiger partial charge in [-0.1, -0.05) is 39.0 Å². The number of aromatic amines is 1. The van der Waals surface area contributed by atoms with Gasteiger partial charge < -0.3 is 5.32 Å². The van der Waals surface area contributed by atoms with Gasteiger partial charge in [0.2, 0.25) is 10.0 Å². The van der Waals surface area contributed by atoms with Gasteiger partial charge in [-0.25, -0.2) is 18.5 Å². The van der Waals surface area contributed by atoms with Crippen molar-refractivity contribution in [3.63, 3.8) is 0 Å². The first-order valence-corrected chi connectivity index (χ1v) is 12.8. The summed E-state index contributed by atoms with van der Waals surface area (Å²) in [5.41, 5.74) is 1.54. The summed E-state index contributed by atoms with van der Waals surface area (Å²) in [4.78, 5) is 19.2. The van der Waals surface area contributed by atoms with Gasteiger partial charge in [0.15, 0.2) is 5.82 Å². The largest absolute Gasteiger partial charge is 0.325 e. The molecule has 9 nitrogen and oxygen atoms in total. The Hall–Kier alpha value is -3.08. The van der Waals surface area contributed by atoms with Crippen molar-refractivity contribution in [3.8, 4) is 0 Å². The highest BCUT2D eigenvalue weighted by molar-refractivity contribution is 7.89. The monoisotopic (exact) mass is 480 g/mol. The van der Waals surface area contributed by atoms with Crippen molar-refractivity contribution in [2.45, 2.75) is 31.1 Å². The molecule has 2 aliphatic rings. The summed E-state index contributed by atoms with van der Waals surface area (Å²) in [7, 11) is -3.53. The smallest absolute Gasteiger partial charge is 0.272 e. The molecule has 3 heterocycles. The molecule has 178 valence electrons. The van der Waals surface area contributed by atoms with E-state index in [9.17, 15) is 13.2 Å². The van der Waals surface area contributed by atoms with Crippen LogP contribution in [0.25, 0.3) is 10.8 Å². The Balaban J connectivity index is 1.26. The molecule has 0 unspecified atom stereocenters. The normalized spacial score (nSPS) is 17.4. The minimum Gasteiger partial charge on any atom is -0.325 e. The Morgan fingerprint density at radius 2 is 1.71 bits per heavy atom. The van der Waals surface area contributed by atoms with Crippen molar-refractivity contribution in [3.05, 3.63) is 58.4 Å². The molecule has 2 aromatic carbocycles. The Kier molecular flexibility index (Phi) is 5.54. The van der Waals surface area contributed by atoms with E-state index in [2.05, 4.69) is 46.2 Å². The zero-order valence-electron chi connectivity index (χ0n) is 19.5. The summed E-state index contributed by atoms with van der Waals surface area (Å²) in [6, 6.07) is 12.6. The lowest BCUT2D eigenvalue weighted by atomic mass is 9.87. The molecule has 0 bridgehead atoms. The fourth-order valence-electron chi connectivity index (χ4n) is 4.39. The predicted molar refractivity (Wildman–Crippen MR) is 133 cm³/mol. The van der Waals surface area contributed by atoms with Crippen LogP contribution >= 0.6 is 0 Å². The van der Waals surface area contributed by atoms with Gasteiger partial charge in [-0.15, -0.1) is 0 Å². The van der Waals surface area contributed by atoms with E-state index in [1.54, 1.807) is 28.6 Å². The molecular formula is C24H28N6O3S. The molecule has 1 fully saturated rings. The topological polar surface area (TPSA) is 111 Å². The number of hydrogen-bond acceptors (Lipinski definition) is 7. The van der Waals surface area contributed by atoms with Crippen molar-refractivity contribution in [2.24, 2.45) is 4.99 Å². The SMILES string of the molecule is CC(C)(C)c1ccc(S(=O)(=O)N2CCN(CC3=Nc4cccc5c(=O)[nH]nc(c45)N3)CC2)cc1. The van der Waals surface area contributed by atoms with Crippen molar-refractivity contribution in [1.82, 2.24) is 19.4 Å². The quantitative estimate of drug-likeness (QED) is 0.594. The van der Waals surface area contributed by atoms with Crippen LogP contribution in [0.4, 0.5) is 11.5 Å². The van der Waals surface area contributed by atoms with E-state index in [1.165, 1.54) is 0 Å². The second kappa shape index (κ2) is 8.30. The fourth-order valence-corrected chi connectivity index (χ4v) is 5.81. The number of nitrogens with one attached hydrogen (secondary N) is 2. The van der Waals surface area contributed by atoms with Crippen LogP contribution < -0.4 is 10.9 Å². The van der Waals surface area contributed by atoms with E-state index in [0.29, 0.717) is 65.7 Å². The van der Waals surface area contributed by atoms with Crippen LogP contribution in [0.2, 0.25) is 0 Å². The Morgan fingerprint density at radius 3 is 2.38 bits per heavy atom. The number of benzene rings is 2. The lowest BCUT2D eigenvalue weighted by Crippen LogP contribution is -2.50. The first-order valence-electron chi connectivity index (χ1n) is 11.3. The van der Waals surface area contributed by atoms with E-state index >= 15 is 0 Å². The average Bonchev–Trinajstić information content (AvgIpc) is 2.81. The van der Waals surface area contributed by atoms with Gasteiger partial charge in [0.05, 0.1) is 27.9 Å². The lowest BCUT2D eigenvalue weighted by molar-refractivity contribution is 0.209. The Morgan fingerprint density at radius 1 is 1.00 bits per heavy atom. The highest BCUT2D eigenvalue weighted by atomic mass is 32.2. The third-order valence-corrected chi connectivity index (χ3v) is 8.29. The number of aliphatic imine (C=N–C) groups is 1. The van der Waals surface area contributed by atoms with Gasteiger partial charge in [-0.05, 0) is 35.2 Å². The molecule has 2 aliphatic heterocycles. The molecular weight excluding hydrogens is 452 g/mol. The van der Waals surface area contributed by atoms with Crippen LogP contribution in [0.1, 0.15) is 26.3 Å². The molecule has 34 heavy (non-hydrogen) atoms. The zero-order chi connectivity index (χ0) is 24.1. The molecule has 1 saturated heterocycles. The second-order valence-corrected chi connectivity index (χ2v) is 11.7. The van der Waals surface area contributed by atoms with Gasteiger partial charge in [0.25, 0.3) is 5.56 Å². The fraction of sp³-hybridized carbons (Fsp3) is 0.375. The second-order valence-electron chi connectivity index (χ2n) is 9.74. The van der Waals surface area contributed by atoms with Crippen molar-refractivity contribution in [2.75, 3.05) is 38.0 Å². The average molecular weight is 481 g/mol. The van der Waals surface area contributed by atoms with E-state index in [1.807, 2.05) is 18.2 Å². The molecule has 0 amide bonds. The summed E-state index contributed by atoms with van der Waals surface area (Å²) < 4.78 is 27.8. The maximum atomic E-state index is 13.2. The molecule has 0 atom stereocenters. The van der Waals surface area contributed by atoms with Gasteiger partial charge in [-0.3, -0.25) is 9.69 Å². The molecule has 10 heteroatoms. The van der Waals surface area contributed by atoms with Crippen LogP contribution in [-0.4, -0.2) is 66.4 Å². The number of rotatable bonds is 4. The first kappa shape index (κ1) is 22.7. The van der Waals surface area contributed by atoms with Crippen molar-refractivity contribution < 1.29 is 8.42 Å². The number of H-pyrrole nitrogens is 1.